The van der Waals surface area contributed by atoms with Gasteiger partial charge in [0.25, 0.3) is 11.6 Å². The van der Waals surface area contributed by atoms with Gasteiger partial charge >= 0.3 is 0 Å². The van der Waals surface area contributed by atoms with Crippen LogP contribution in [0.2, 0.25) is 0 Å². The van der Waals surface area contributed by atoms with Gasteiger partial charge in [-0.2, -0.15) is 5.26 Å². The van der Waals surface area contributed by atoms with Crippen LogP contribution in [-0.2, 0) is 0 Å². The minimum atomic E-state index is -0.491. The number of non-ortho nitro benzene ring substituents is 1. The number of benzene rings is 1. The minimum Gasteiger partial charge on any atom is -0.336 e. The highest BCUT2D eigenvalue weighted by atomic mass is 16.6. The Morgan fingerprint density at radius 1 is 1.33 bits per heavy atom. The summed E-state index contributed by atoms with van der Waals surface area (Å²) in [4.78, 5) is 26.4. The van der Waals surface area contributed by atoms with E-state index >= 15 is 0 Å². The van der Waals surface area contributed by atoms with E-state index in [0.717, 1.165) is 0 Å². The van der Waals surface area contributed by atoms with Crippen molar-refractivity contribution in [2.45, 2.75) is 6.92 Å². The summed E-state index contributed by atoms with van der Waals surface area (Å²) in [6, 6.07) is 6.51. The van der Waals surface area contributed by atoms with Crippen LogP contribution < -0.4 is 0 Å². The summed E-state index contributed by atoms with van der Waals surface area (Å²) in [6.45, 7) is 4.44. The van der Waals surface area contributed by atoms with Crippen LogP contribution in [0.5, 0.6) is 0 Å². The standard InChI is InChI=1S/C14H16N4O3/c1-11-8-12(10-13(9-11)18(20)21)14(19)17-6-4-16(3-2-15)5-7-17/h8-10H,3-7H2,1H3. The molecule has 1 heterocycles. The molecule has 0 aromatic heterocycles. The number of carbonyl (C=O) groups excluding carboxylic acids is 1. The van der Waals surface area contributed by atoms with Crippen LogP contribution in [0, 0.1) is 28.4 Å². The van der Waals surface area contributed by atoms with E-state index in [1.165, 1.54) is 12.1 Å². The highest BCUT2D eigenvalue weighted by Crippen LogP contribution is 2.18. The molecule has 0 bridgehead atoms. The van der Waals surface area contributed by atoms with E-state index in [2.05, 4.69) is 6.07 Å². The number of nitro benzene ring substituents is 1. The molecular formula is C14H16N4O3. The molecule has 1 amide bonds. The van der Waals surface area contributed by atoms with Crippen molar-refractivity contribution in [2.24, 2.45) is 0 Å². The van der Waals surface area contributed by atoms with Crippen molar-refractivity contribution >= 4 is 11.6 Å². The number of hydrogen-bond acceptors (Lipinski definition) is 5. The number of nitro groups is 1. The fourth-order valence-corrected chi connectivity index (χ4v) is 2.38. The molecule has 7 heteroatoms. The van der Waals surface area contributed by atoms with E-state index in [4.69, 9.17) is 5.26 Å². The average Bonchev–Trinajstić information content (AvgIpc) is 2.47. The summed E-state index contributed by atoms with van der Waals surface area (Å²) in [7, 11) is 0. The lowest BCUT2D eigenvalue weighted by Crippen LogP contribution is -2.48. The molecule has 1 aromatic rings. The maximum absolute atomic E-state index is 12.4. The molecule has 0 spiro atoms. The van der Waals surface area contributed by atoms with Crippen molar-refractivity contribution in [1.29, 1.82) is 5.26 Å². The number of aryl methyl sites for hydroxylation is 1. The van der Waals surface area contributed by atoms with Gasteiger partial charge in [0.05, 0.1) is 17.5 Å². The van der Waals surface area contributed by atoms with Crippen molar-refractivity contribution in [2.75, 3.05) is 32.7 Å². The van der Waals surface area contributed by atoms with E-state index in [1.54, 1.807) is 17.9 Å². The van der Waals surface area contributed by atoms with Gasteiger partial charge in [-0.3, -0.25) is 19.8 Å². The van der Waals surface area contributed by atoms with Crippen LogP contribution in [0.3, 0.4) is 0 Å². The van der Waals surface area contributed by atoms with Crippen LogP contribution in [0.25, 0.3) is 0 Å². The predicted molar refractivity (Wildman–Crippen MR) is 75.8 cm³/mol. The average molecular weight is 288 g/mol. The van der Waals surface area contributed by atoms with Crippen LogP contribution in [0.15, 0.2) is 18.2 Å². The lowest BCUT2D eigenvalue weighted by Gasteiger charge is -2.33. The van der Waals surface area contributed by atoms with E-state index in [-0.39, 0.29) is 11.6 Å². The third-order valence-electron chi connectivity index (χ3n) is 3.47. The van der Waals surface area contributed by atoms with Crippen molar-refractivity contribution in [3.05, 3.63) is 39.4 Å². The van der Waals surface area contributed by atoms with E-state index in [9.17, 15) is 14.9 Å². The first-order valence-electron chi connectivity index (χ1n) is 6.66. The second-order valence-electron chi connectivity index (χ2n) is 5.04. The Balaban J connectivity index is 2.11. The van der Waals surface area contributed by atoms with E-state index in [1.807, 2.05) is 4.90 Å². The number of nitriles is 1. The number of rotatable bonds is 3. The first-order chi connectivity index (χ1) is 10.0. The van der Waals surface area contributed by atoms with Crippen LogP contribution >= 0.6 is 0 Å². The zero-order chi connectivity index (χ0) is 15.4. The summed E-state index contributed by atoms with van der Waals surface area (Å²) in [6.07, 6.45) is 0. The molecule has 1 aliphatic heterocycles. The van der Waals surface area contributed by atoms with Gasteiger partial charge in [-0.1, -0.05) is 0 Å². The van der Waals surface area contributed by atoms with Crippen LogP contribution in [0.4, 0.5) is 5.69 Å². The molecule has 21 heavy (non-hydrogen) atoms. The van der Waals surface area contributed by atoms with Crippen molar-refractivity contribution in [1.82, 2.24) is 9.80 Å². The first kappa shape index (κ1) is 14.9. The van der Waals surface area contributed by atoms with Crippen molar-refractivity contribution in [3.8, 4) is 6.07 Å². The quantitative estimate of drug-likeness (QED) is 0.473. The van der Waals surface area contributed by atoms with Gasteiger partial charge in [-0.25, -0.2) is 0 Å². The zero-order valence-electron chi connectivity index (χ0n) is 11.8. The molecule has 1 aliphatic rings. The molecule has 1 aromatic carbocycles. The third-order valence-corrected chi connectivity index (χ3v) is 3.47. The minimum absolute atomic E-state index is 0.0681. The van der Waals surface area contributed by atoms with Gasteiger partial charge in [0.15, 0.2) is 0 Å². The maximum Gasteiger partial charge on any atom is 0.270 e. The van der Waals surface area contributed by atoms with Gasteiger partial charge in [-0.15, -0.1) is 0 Å². The van der Waals surface area contributed by atoms with Gasteiger partial charge in [0.1, 0.15) is 0 Å². The Morgan fingerprint density at radius 3 is 2.57 bits per heavy atom. The fourth-order valence-electron chi connectivity index (χ4n) is 2.38. The fraction of sp³-hybridized carbons (Fsp3) is 0.429. The zero-order valence-corrected chi connectivity index (χ0v) is 11.8. The number of nitrogens with zero attached hydrogens (tertiary/aromatic N) is 4. The molecule has 0 atom stereocenters. The molecule has 0 radical (unpaired) electrons. The summed E-state index contributed by atoms with van der Waals surface area (Å²) < 4.78 is 0. The smallest absolute Gasteiger partial charge is 0.270 e. The Labute approximate surface area is 122 Å². The summed E-state index contributed by atoms with van der Waals surface area (Å²) in [5, 5.41) is 19.5. The Hall–Kier alpha value is -2.46. The lowest BCUT2D eigenvalue weighted by molar-refractivity contribution is -0.384. The van der Waals surface area contributed by atoms with Gasteiger partial charge in [-0.05, 0) is 18.6 Å². The maximum atomic E-state index is 12.4. The Bertz CT molecular complexity index is 601. The largest absolute Gasteiger partial charge is 0.336 e. The molecule has 1 saturated heterocycles. The topological polar surface area (TPSA) is 90.5 Å². The van der Waals surface area contributed by atoms with E-state index in [0.29, 0.717) is 43.9 Å². The monoisotopic (exact) mass is 288 g/mol. The van der Waals surface area contributed by atoms with Crippen molar-refractivity contribution in [3.63, 3.8) is 0 Å². The number of hydrogen-bond donors (Lipinski definition) is 0. The highest BCUT2D eigenvalue weighted by Gasteiger charge is 2.23. The number of amides is 1. The molecule has 0 N–H and O–H groups in total. The highest BCUT2D eigenvalue weighted by molar-refractivity contribution is 5.95. The number of piperazine rings is 1. The molecule has 0 aliphatic carbocycles. The summed E-state index contributed by atoms with van der Waals surface area (Å²) in [5.74, 6) is -0.196. The van der Waals surface area contributed by atoms with Crippen LogP contribution in [-0.4, -0.2) is 53.4 Å². The lowest BCUT2D eigenvalue weighted by atomic mass is 10.1. The van der Waals surface area contributed by atoms with Gasteiger partial charge < -0.3 is 4.90 Å². The first-order valence-corrected chi connectivity index (χ1v) is 6.66. The molecule has 2 rings (SSSR count). The normalized spacial score (nSPS) is 15.5. The number of carbonyl (C=O) groups is 1. The Morgan fingerprint density at radius 2 is 2.00 bits per heavy atom. The second-order valence-corrected chi connectivity index (χ2v) is 5.04. The second kappa shape index (κ2) is 6.33. The third kappa shape index (κ3) is 3.55. The van der Waals surface area contributed by atoms with Crippen molar-refractivity contribution < 1.29 is 9.72 Å². The molecule has 7 nitrogen and oxygen atoms in total. The molecule has 1 fully saturated rings. The Kier molecular flexibility index (Phi) is 4.50. The SMILES string of the molecule is Cc1cc(C(=O)N2CCN(CC#N)CC2)cc([N+](=O)[O-])c1. The van der Waals surface area contributed by atoms with Crippen LogP contribution in [0.1, 0.15) is 15.9 Å². The molecule has 110 valence electrons. The van der Waals surface area contributed by atoms with E-state index < -0.39 is 4.92 Å². The molecule has 0 unspecified atom stereocenters. The molecular weight excluding hydrogens is 272 g/mol. The summed E-state index contributed by atoms with van der Waals surface area (Å²) in [5.41, 5.74) is 0.965. The summed E-state index contributed by atoms with van der Waals surface area (Å²) >= 11 is 0. The van der Waals surface area contributed by atoms with Gasteiger partial charge in [0, 0.05) is 43.9 Å². The molecule has 0 saturated carbocycles. The van der Waals surface area contributed by atoms with Gasteiger partial charge in [0.2, 0.25) is 0 Å². The predicted octanol–water partition coefficient (Wildman–Crippen LogP) is 1.18.